The van der Waals surface area contributed by atoms with Crippen molar-refractivity contribution in [2.24, 2.45) is 11.7 Å². The van der Waals surface area contributed by atoms with Gasteiger partial charge in [0.1, 0.15) is 18.1 Å². The molecule has 2 atom stereocenters. The van der Waals surface area contributed by atoms with E-state index in [4.69, 9.17) is 5.73 Å². The summed E-state index contributed by atoms with van der Waals surface area (Å²) in [7, 11) is 0. The molecule has 1 aromatic rings. The summed E-state index contributed by atoms with van der Waals surface area (Å²) < 4.78 is 0. The minimum atomic E-state index is -2.09. The molecule has 0 amide bonds. The monoisotopic (exact) mass is 303 g/mol. The summed E-state index contributed by atoms with van der Waals surface area (Å²) in [6.45, 7) is 3.99. The predicted octanol–water partition coefficient (Wildman–Crippen LogP) is 1.53. The quantitative estimate of drug-likeness (QED) is 0.471. The maximum atomic E-state index is 10.7. The molecule has 20 heavy (non-hydrogen) atoms. The Balaban J connectivity index is 0.00000361. The van der Waals surface area contributed by atoms with Gasteiger partial charge in [-0.1, -0.05) is 13.8 Å². The van der Waals surface area contributed by atoms with Crippen molar-refractivity contribution in [3.63, 3.8) is 0 Å². The molecule has 0 saturated carbocycles. The molecule has 5 nitrogen and oxygen atoms in total. The highest BCUT2D eigenvalue weighted by atomic mass is 35.5. The number of aliphatic hydroxyl groups excluding tert-OH is 1. The molecule has 0 radical (unpaired) electrons. The summed E-state index contributed by atoms with van der Waals surface area (Å²) in [5.74, 6) is 0.111. The minimum absolute atomic E-state index is 0. The van der Waals surface area contributed by atoms with E-state index in [0.29, 0.717) is 25.0 Å². The van der Waals surface area contributed by atoms with Crippen LogP contribution >= 0.6 is 12.4 Å². The van der Waals surface area contributed by atoms with E-state index >= 15 is 0 Å². The van der Waals surface area contributed by atoms with Crippen LogP contribution in [0.1, 0.15) is 42.6 Å². The van der Waals surface area contributed by atoms with E-state index in [9.17, 15) is 20.1 Å². The molecule has 0 bridgehead atoms. The third-order valence-electron chi connectivity index (χ3n) is 3.11. The first-order valence-electron chi connectivity index (χ1n) is 6.27. The summed E-state index contributed by atoms with van der Waals surface area (Å²) in [5, 5.41) is 29.9. The van der Waals surface area contributed by atoms with Gasteiger partial charge in [-0.15, -0.1) is 12.4 Å². The van der Waals surface area contributed by atoms with Gasteiger partial charge < -0.3 is 15.3 Å². The third kappa shape index (κ3) is 4.45. The number of rotatable bonds is 6. The molecule has 1 rings (SSSR count). The molecule has 0 aliphatic carbocycles. The van der Waals surface area contributed by atoms with E-state index in [0.717, 1.165) is 0 Å². The number of nitrogens with two attached hydrogens (primary N) is 1. The number of halogens is 1. The first-order valence-corrected chi connectivity index (χ1v) is 6.27. The molecule has 0 spiro atoms. The van der Waals surface area contributed by atoms with Gasteiger partial charge in [0.05, 0.1) is 0 Å². The summed E-state index contributed by atoms with van der Waals surface area (Å²) in [4.78, 5) is 10.7. The maximum Gasteiger partial charge on any atom is 0.169 e. The number of phenols is 1. The Morgan fingerprint density at radius 2 is 1.95 bits per heavy atom. The minimum Gasteiger partial charge on any atom is -0.508 e. The SMILES string of the molecule is CC(C)CC[C@@H](O)[C@](N)(O)c1cc(C=O)ccc1O.Cl. The largest absolute Gasteiger partial charge is 0.508 e. The van der Waals surface area contributed by atoms with Crippen molar-refractivity contribution in [3.05, 3.63) is 29.3 Å². The van der Waals surface area contributed by atoms with Gasteiger partial charge in [-0.2, -0.15) is 0 Å². The fraction of sp³-hybridized carbons (Fsp3) is 0.500. The lowest BCUT2D eigenvalue weighted by Gasteiger charge is -2.30. The Hall–Kier alpha value is -1.14. The highest BCUT2D eigenvalue weighted by molar-refractivity contribution is 5.85. The van der Waals surface area contributed by atoms with Crippen LogP contribution in [0, 0.1) is 5.92 Å². The van der Waals surface area contributed by atoms with Crippen molar-refractivity contribution in [2.45, 2.75) is 38.5 Å². The summed E-state index contributed by atoms with van der Waals surface area (Å²) in [6, 6.07) is 3.95. The Morgan fingerprint density at radius 3 is 2.45 bits per heavy atom. The molecular formula is C14H22ClNO4. The molecule has 0 saturated heterocycles. The zero-order valence-electron chi connectivity index (χ0n) is 11.6. The van der Waals surface area contributed by atoms with Gasteiger partial charge in [-0.05, 0) is 37.0 Å². The zero-order chi connectivity index (χ0) is 14.6. The van der Waals surface area contributed by atoms with E-state index in [1.807, 2.05) is 13.8 Å². The van der Waals surface area contributed by atoms with Crippen LogP contribution in [0.3, 0.4) is 0 Å². The number of aromatic hydroxyl groups is 1. The predicted molar refractivity (Wildman–Crippen MR) is 78.9 cm³/mol. The second-order valence-corrected chi connectivity index (χ2v) is 5.21. The highest BCUT2D eigenvalue weighted by Gasteiger charge is 2.35. The van der Waals surface area contributed by atoms with Crippen LogP contribution in [0.25, 0.3) is 0 Å². The Morgan fingerprint density at radius 1 is 1.35 bits per heavy atom. The molecule has 5 N–H and O–H groups in total. The Labute approximate surface area is 124 Å². The Kier molecular flexibility index (Phi) is 7.16. The van der Waals surface area contributed by atoms with E-state index in [-0.39, 0.29) is 29.3 Å². The molecule has 0 aliphatic heterocycles. The van der Waals surface area contributed by atoms with Crippen molar-refractivity contribution >= 4 is 18.7 Å². The van der Waals surface area contributed by atoms with E-state index in [2.05, 4.69) is 0 Å². The average molecular weight is 304 g/mol. The fourth-order valence-corrected chi connectivity index (χ4v) is 1.84. The first-order chi connectivity index (χ1) is 8.78. The van der Waals surface area contributed by atoms with Gasteiger partial charge in [0.25, 0.3) is 0 Å². The molecule has 0 aromatic heterocycles. The van der Waals surface area contributed by atoms with Crippen LogP contribution < -0.4 is 5.73 Å². The van der Waals surface area contributed by atoms with Crippen LogP contribution in [0.5, 0.6) is 5.75 Å². The number of hydrogen-bond donors (Lipinski definition) is 4. The molecule has 0 heterocycles. The molecule has 0 fully saturated rings. The summed E-state index contributed by atoms with van der Waals surface area (Å²) in [6.07, 6.45) is 0.353. The highest BCUT2D eigenvalue weighted by Crippen LogP contribution is 2.30. The van der Waals surface area contributed by atoms with Crippen LogP contribution in [-0.2, 0) is 5.72 Å². The van der Waals surface area contributed by atoms with Crippen LogP contribution in [0.4, 0.5) is 0 Å². The molecule has 1 aromatic carbocycles. The van der Waals surface area contributed by atoms with Gasteiger partial charge in [0.15, 0.2) is 5.72 Å². The lowest BCUT2D eigenvalue weighted by molar-refractivity contribution is -0.0824. The lowest BCUT2D eigenvalue weighted by atomic mass is 9.91. The van der Waals surface area contributed by atoms with E-state index in [1.165, 1.54) is 18.2 Å². The number of aldehydes is 1. The first kappa shape index (κ1) is 18.9. The van der Waals surface area contributed by atoms with Crippen LogP contribution in [0.15, 0.2) is 18.2 Å². The van der Waals surface area contributed by atoms with Crippen LogP contribution in [-0.4, -0.2) is 27.7 Å². The molecule has 0 unspecified atom stereocenters. The molecular weight excluding hydrogens is 282 g/mol. The van der Waals surface area contributed by atoms with Gasteiger partial charge in [-0.3, -0.25) is 10.5 Å². The number of carbonyl (C=O) groups is 1. The number of hydrogen-bond acceptors (Lipinski definition) is 5. The van der Waals surface area contributed by atoms with E-state index < -0.39 is 11.8 Å². The number of benzene rings is 1. The van der Waals surface area contributed by atoms with Gasteiger partial charge in [0.2, 0.25) is 0 Å². The second-order valence-electron chi connectivity index (χ2n) is 5.21. The second kappa shape index (κ2) is 7.59. The summed E-state index contributed by atoms with van der Waals surface area (Å²) >= 11 is 0. The number of carbonyl (C=O) groups excluding carboxylic acids is 1. The maximum absolute atomic E-state index is 10.7. The lowest BCUT2D eigenvalue weighted by Crippen LogP contribution is -2.48. The number of phenolic OH excluding ortho intramolecular Hbond substituents is 1. The molecule has 6 heteroatoms. The van der Waals surface area contributed by atoms with Crippen molar-refractivity contribution in [1.29, 1.82) is 0 Å². The number of aliphatic hydroxyl groups is 2. The van der Waals surface area contributed by atoms with Crippen molar-refractivity contribution in [3.8, 4) is 5.75 Å². The normalized spacial score (nSPS) is 15.3. The van der Waals surface area contributed by atoms with Crippen molar-refractivity contribution in [2.75, 3.05) is 0 Å². The van der Waals surface area contributed by atoms with Crippen molar-refractivity contribution in [1.82, 2.24) is 0 Å². The Bertz CT molecular complexity index is 449. The fourth-order valence-electron chi connectivity index (χ4n) is 1.84. The van der Waals surface area contributed by atoms with Gasteiger partial charge >= 0.3 is 0 Å². The molecule has 0 aliphatic rings. The average Bonchev–Trinajstić information content (AvgIpc) is 2.36. The van der Waals surface area contributed by atoms with Crippen molar-refractivity contribution < 1.29 is 20.1 Å². The topological polar surface area (TPSA) is 104 Å². The van der Waals surface area contributed by atoms with Crippen LogP contribution in [0.2, 0.25) is 0 Å². The van der Waals surface area contributed by atoms with Gasteiger partial charge in [0, 0.05) is 11.1 Å². The van der Waals surface area contributed by atoms with Gasteiger partial charge in [-0.25, -0.2) is 0 Å². The third-order valence-corrected chi connectivity index (χ3v) is 3.11. The smallest absolute Gasteiger partial charge is 0.169 e. The molecule has 114 valence electrons. The van der Waals surface area contributed by atoms with E-state index in [1.54, 1.807) is 0 Å². The summed E-state index contributed by atoms with van der Waals surface area (Å²) in [5.41, 5.74) is 3.86. The zero-order valence-corrected chi connectivity index (χ0v) is 12.4. The standard InChI is InChI=1S/C14H21NO4.ClH/c1-9(2)3-6-13(18)14(15,19)11-7-10(8-16)4-5-12(11)17;/h4-5,7-9,13,17-19H,3,6,15H2,1-2H3;1H/t13-,14-;/m1./s1.